The van der Waals surface area contributed by atoms with Crippen molar-refractivity contribution in [2.24, 2.45) is 0 Å². The van der Waals surface area contributed by atoms with Gasteiger partial charge in [-0.3, -0.25) is 9.78 Å². The second kappa shape index (κ2) is 6.22. The number of fused-ring (bicyclic) bond motifs is 3. The number of nitrogens with zero attached hydrogens (tertiary/aromatic N) is 1. The van der Waals surface area contributed by atoms with Crippen LogP contribution in [-0.2, 0) is 4.79 Å². The van der Waals surface area contributed by atoms with E-state index in [2.05, 4.69) is 15.3 Å². The second-order valence-corrected chi connectivity index (χ2v) is 6.51. The molecule has 0 saturated heterocycles. The molecule has 0 aliphatic rings. The van der Waals surface area contributed by atoms with Crippen LogP contribution in [0.25, 0.3) is 21.8 Å². The van der Waals surface area contributed by atoms with Gasteiger partial charge < -0.3 is 10.3 Å². The number of carbonyl (C=O) groups excluding carboxylic acids is 1. The predicted molar refractivity (Wildman–Crippen MR) is 102 cm³/mol. The molecule has 0 aliphatic heterocycles. The molecule has 2 aromatic carbocycles. The van der Waals surface area contributed by atoms with Crippen LogP contribution >= 0.6 is 11.6 Å². The molecule has 0 bridgehead atoms. The van der Waals surface area contributed by atoms with Gasteiger partial charge in [0.25, 0.3) is 0 Å². The summed E-state index contributed by atoms with van der Waals surface area (Å²) in [5, 5.41) is 5.79. The maximum atomic E-state index is 12.5. The number of hydrogen-bond donors (Lipinski definition) is 2. The van der Waals surface area contributed by atoms with E-state index in [1.165, 1.54) is 0 Å². The Kier molecular flexibility index (Phi) is 3.90. The first-order valence-corrected chi connectivity index (χ1v) is 8.41. The fourth-order valence-corrected chi connectivity index (χ4v) is 3.17. The van der Waals surface area contributed by atoms with Crippen LogP contribution in [0.2, 0.25) is 5.02 Å². The van der Waals surface area contributed by atoms with Gasteiger partial charge in [-0.1, -0.05) is 23.7 Å². The molecule has 0 spiro atoms. The van der Waals surface area contributed by atoms with Crippen molar-refractivity contribution in [3.8, 4) is 0 Å². The molecule has 0 aliphatic carbocycles. The van der Waals surface area contributed by atoms with Crippen LogP contribution in [0.1, 0.15) is 18.4 Å². The Balaban J connectivity index is 1.66. The van der Waals surface area contributed by atoms with Crippen LogP contribution in [0.15, 0.2) is 60.9 Å². The van der Waals surface area contributed by atoms with Crippen LogP contribution < -0.4 is 5.32 Å². The van der Waals surface area contributed by atoms with Crippen molar-refractivity contribution in [1.29, 1.82) is 0 Å². The van der Waals surface area contributed by atoms with Crippen molar-refractivity contribution >= 4 is 45.0 Å². The Labute approximate surface area is 149 Å². The number of aromatic amines is 1. The Morgan fingerprint density at radius 2 is 2.00 bits per heavy atom. The van der Waals surface area contributed by atoms with Crippen LogP contribution in [-0.4, -0.2) is 15.9 Å². The molecular weight excluding hydrogens is 334 g/mol. The van der Waals surface area contributed by atoms with E-state index in [1.807, 2.05) is 49.4 Å². The monoisotopic (exact) mass is 349 g/mol. The van der Waals surface area contributed by atoms with Gasteiger partial charge in [-0.2, -0.15) is 0 Å². The van der Waals surface area contributed by atoms with Crippen molar-refractivity contribution in [2.45, 2.75) is 12.8 Å². The number of rotatable bonds is 3. The summed E-state index contributed by atoms with van der Waals surface area (Å²) < 4.78 is 0. The average Bonchev–Trinajstić information content (AvgIpc) is 2.99. The lowest BCUT2D eigenvalue weighted by atomic mass is 9.98. The topological polar surface area (TPSA) is 57.8 Å². The molecule has 5 heteroatoms. The smallest absolute Gasteiger partial charge is 0.231 e. The van der Waals surface area contributed by atoms with E-state index in [0.29, 0.717) is 10.7 Å². The summed E-state index contributed by atoms with van der Waals surface area (Å²) >= 11 is 6.10. The Morgan fingerprint density at radius 1 is 1.12 bits per heavy atom. The highest BCUT2D eigenvalue weighted by Gasteiger charge is 2.17. The summed E-state index contributed by atoms with van der Waals surface area (Å²) in [6.07, 6.45) is 3.31. The standard InChI is InChI=1S/C20H16ClN3O/c1-12(20(25)23-15-3-2-8-22-11-15)13-4-6-16-17-10-14(21)5-7-18(17)24-19(16)9-13/h2-12,24H,1H3,(H,23,25)/t12-/m0/s1. The summed E-state index contributed by atoms with van der Waals surface area (Å²) in [5.74, 6) is -0.342. The van der Waals surface area contributed by atoms with Crippen LogP contribution in [0.4, 0.5) is 5.69 Å². The van der Waals surface area contributed by atoms with E-state index >= 15 is 0 Å². The van der Waals surface area contributed by atoms with Crippen LogP contribution in [0.5, 0.6) is 0 Å². The molecule has 4 rings (SSSR count). The van der Waals surface area contributed by atoms with Crippen LogP contribution in [0.3, 0.4) is 0 Å². The van der Waals surface area contributed by atoms with Crippen molar-refractivity contribution in [1.82, 2.24) is 9.97 Å². The fraction of sp³-hybridized carbons (Fsp3) is 0.100. The molecule has 2 N–H and O–H groups in total. The molecule has 0 unspecified atom stereocenters. The first-order chi connectivity index (χ1) is 12.1. The van der Waals surface area contributed by atoms with Gasteiger partial charge in [0.1, 0.15) is 0 Å². The predicted octanol–water partition coefficient (Wildman–Crippen LogP) is 5.11. The normalized spacial score (nSPS) is 12.4. The first-order valence-electron chi connectivity index (χ1n) is 8.03. The fourth-order valence-electron chi connectivity index (χ4n) is 3.00. The third kappa shape index (κ3) is 2.96. The number of hydrogen-bond acceptors (Lipinski definition) is 2. The van der Waals surface area contributed by atoms with Crippen molar-refractivity contribution in [2.75, 3.05) is 5.32 Å². The lowest BCUT2D eigenvalue weighted by Gasteiger charge is -2.12. The molecule has 1 atom stereocenters. The molecular formula is C20H16ClN3O. The van der Waals surface area contributed by atoms with Gasteiger partial charge in [-0.15, -0.1) is 0 Å². The molecule has 0 saturated carbocycles. The van der Waals surface area contributed by atoms with Crippen LogP contribution in [0, 0.1) is 0 Å². The molecule has 4 nitrogen and oxygen atoms in total. The molecule has 124 valence electrons. The Morgan fingerprint density at radius 3 is 2.80 bits per heavy atom. The third-order valence-corrected chi connectivity index (χ3v) is 4.64. The third-order valence-electron chi connectivity index (χ3n) is 4.41. The molecule has 0 fully saturated rings. The lowest BCUT2D eigenvalue weighted by Crippen LogP contribution is -2.18. The van der Waals surface area contributed by atoms with Gasteiger partial charge in [-0.25, -0.2) is 0 Å². The minimum atomic E-state index is -0.278. The van der Waals surface area contributed by atoms with E-state index in [1.54, 1.807) is 18.5 Å². The number of aromatic nitrogens is 2. The van der Waals surface area contributed by atoms with Gasteiger partial charge in [0.05, 0.1) is 17.8 Å². The molecule has 4 aromatic rings. The number of pyridine rings is 1. The van der Waals surface area contributed by atoms with Crippen molar-refractivity contribution in [3.05, 3.63) is 71.5 Å². The number of H-pyrrole nitrogens is 1. The molecule has 2 heterocycles. The van der Waals surface area contributed by atoms with Crippen molar-refractivity contribution in [3.63, 3.8) is 0 Å². The Bertz CT molecular complexity index is 1070. The Hall–Kier alpha value is -2.85. The molecule has 1 amide bonds. The number of nitrogens with one attached hydrogen (secondary N) is 2. The second-order valence-electron chi connectivity index (χ2n) is 6.07. The number of anilines is 1. The number of halogens is 1. The van der Waals surface area contributed by atoms with E-state index in [9.17, 15) is 4.79 Å². The maximum absolute atomic E-state index is 12.5. The zero-order chi connectivity index (χ0) is 17.4. The first kappa shape index (κ1) is 15.7. The highest BCUT2D eigenvalue weighted by atomic mass is 35.5. The van der Waals surface area contributed by atoms with E-state index < -0.39 is 0 Å². The minimum Gasteiger partial charge on any atom is -0.355 e. The largest absolute Gasteiger partial charge is 0.355 e. The van der Waals surface area contributed by atoms with Gasteiger partial charge in [-0.05, 0) is 48.9 Å². The number of benzene rings is 2. The van der Waals surface area contributed by atoms with Gasteiger partial charge in [0.2, 0.25) is 5.91 Å². The summed E-state index contributed by atoms with van der Waals surface area (Å²) in [6, 6.07) is 15.5. The summed E-state index contributed by atoms with van der Waals surface area (Å²) in [6.45, 7) is 1.90. The highest BCUT2D eigenvalue weighted by molar-refractivity contribution is 6.31. The maximum Gasteiger partial charge on any atom is 0.231 e. The number of carbonyl (C=O) groups is 1. The van der Waals surface area contributed by atoms with E-state index in [0.717, 1.165) is 27.4 Å². The van der Waals surface area contributed by atoms with E-state index in [-0.39, 0.29) is 11.8 Å². The van der Waals surface area contributed by atoms with Gasteiger partial charge >= 0.3 is 0 Å². The molecule has 2 aromatic heterocycles. The van der Waals surface area contributed by atoms with E-state index in [4.69, 9.17) is 11.6 Å². The zero-order valence-corrected chi connectivity index (χ0v) is 14.3. The van der Waals surface area contributed by atoms with Gasteiger partial charge in [0, 0.05) is 33.0 Å². The quantitative estimate of drug-likeness (QED) is 0.540. The summed E-state index contributed by atoms with van der Waals surface area (Å²) in [7, 11) is 0. The molecule has 0 radical (unpaired) electrons. The lowest BCUT2D eigenvalue weighted by molar-refractivity contribution is -0.117. The van der Waals surface area contributed by atoms with Gasteiger partial charge in [0.15, 0.2) is 0 Å². The summed E-state index contributed by atoms with van der Waals surface area (Å²) in [5.41, 5.74) is 3.67. The highest BCUT2D eigenvalue weighted by Crippen LogP contribution is 2.30. The zero-order valence-electron chi connectivity index (χ0n) is 13.6. The molecule has 25 heavy (non-hydrogen) atoms. The van der Waals surface area contributed by atoms with Crippen molar-refractivity contribution < 1.29 is 4.79 Å². The minimum absolute atomic E-state index is 0.0634. The summed E-state index contributed by atoms with van der Waals surface area (Å²) in [4.78, 5) is 19.9. The SMILES string of the molecule is C[C@H](C(=O)Nc1cccnc1)c1ccc2c(c1)[nH]c1ccc(Cl)cc12. The number of amides is 1. The average molecular weight is 350 g/mol.